The standard InChI is InChI=1S/C27H27N5O2/c1-3-34-27(33)22-18-28-25(20-9-5-4-6-10-20)30-26(22)32-15-13-31(14-16-32)24-17-19(2)21-11-7-8-12-23(21)29-24/h4-12,17-18H,3,13-16H2,1-2H3. The molecule has 2 aromatic carbocycles. The van der Waals surface area contributed by atoms with E-state index in [1.807, 2.05) is 42.5 Å². The maximum absolute atomic E-state index is 12.7. The third kappa shape index (κ3) is 4.29. The van der Waals surface area contributed by atoms with Gasteiger partial charge in [0.25, 0.3) is 0 Å². The van der Waals surface area contributed by atoms with Crippen molar-refractivity contribution < 1.29 is 9.53 Å². The van der Waals surface area contributed by atoms with E-state index < -0.39 is 5.97 Å². The molecule has 3 heterocycles. The number of hydrogen-bond donors (Lipinski definition) is 0. The highest BCUT2D eigenvalue weighted by Gasteiger charge is 2.25. The maximum atomic E-state index is 12.7. The Morgan fingerprint density at radius 3 is 2.41 bits per heavy atom. The van der Waals surface area contributed by atoms with Crippen molar-refractivity contribution in [2.24, 2.45) is 0 Å². The smallest absolute Gasteiger partial charge is 0.343 e. The second kappa shape index (κ2) is 9.47. The Labute approximate surface area is 199 Å². The highest BCUT2D eigenvalue weighted by molar-refractivity contribution is 5.95. The highest BCUT2D eigenvalue weighted by Crippen LogP contribution is 2.27. The summed E-state index contributed by atoms with van der Waals surface area (Å²) in [6.45, 7) is 7.21. The van der Waals surface area contributed by atoms with Crippen molar-refractivity contribution in [1.82, 2.24) is 15.0 Å². The lowest BCUT2D eigenvalue weighted by Crippen LogP contribution is -2.47. The Morgan fingerprint density at radius 2 is 1.65 bits per heavy atom. The summed E-state index contributed by atoms with van der Waals surface area (Å²) in [4.78, 5) is 31.2. The van der Waals surface area contributed by atoms with Gasteiger partial charge < -0.3 is 14.5 Å². The minimum Gasteiger partial charge on any atom is -0.462 e. The molecule has 0 bridgehead atoms. The number of esters is 1. The molecule has 4 aromatic rings. The van der Waals surface area contributed by atoms with Crippen LogP contribution in [0.1, 0.15) is 22.8 Å². The molecular weight excluding hydrogens is 426 g/mol. The van der Waals surface area contributed by atoms with Crippen molar-refractivity contribution in [2.45, 2.75) is 13.8 Å². The molecule has 34 heavy (non-hydrogen) atoms. The number of aryl methyl sites for hydroxylation is 1. The van der Waals surface area contributed by atoms with Crippen molar-refractivity contribution >= 4 is 28.5 Å². The number of carbonyl (C=O) groups excluding carboxylic acids is 1. The van der Waals surface area contributed by atoms with Crippen LogP contribution in [-0.2, 0) is 4.74 Å². The maximum Gasteiger partial charge on any atom is 0.343 e. The van der Waals surface area contributed by atoms with Crippen LogP contribution in [0.2, 0.25) is 0 Å². The number of pyridine rings is 1. The van der Waals surface area contributed by atoms with Crippen molar-refractivity contribution in [3.05, 3.63) is 78.0 Å². The Balaban J connectivity index is 1.42. The molecular formula is C27H27N5O2. The molecule has 0 amide bonds. The van der Waals surface area contributed by atoms with Gasteiger partial charge in [0.2, 0.25) is 0 Å². The highest BCUT2D eigenvalue weighted by atomic mass is 16.5. The fraction of sp³-hybridized carbons (Fsp3) is 0.259. The zero-order valence-corrected chi connectivity index (χ0v) is 19.4. The van der Waals surface area contributed by atoms with E-state index in [0.717, 1.165) is 30.0 Å². The van der Waals surface area contributed by atoms with E-state index in [1.54, 1.807) is 13.1 Å². The largest absolute Gasteiger partial charge is 0.462 e. The predicted octanol–water partition coefficient (Wildman–Crippen LogP) is 4.50. The molecule has 172 valence electrons. The fourth-order valence-corrected chi connectivity index (χ4v) is 4.33. The molecule has 2 aromatic heterocycles. The van der Waals surface area contributed by atoms with Crippen molar-refractivity contribution in [1.29, 1.82) is 0 Å². The zero-order chi connectivity index (χ0) is 23.5. The van der Waals surface area contributed by atoms with Crippen LogP contribution in [0.4, 0.5) is 11.6 Å². The first-order chi connectivity index (χ1) is 16.6. The summed E-state index contributed by atoms with van der Waals surface area (Å²) in [5.41, 5.74) is 3.53. The Morgan fingerprint density at radius 1 is 0.941 bits per heavy atom. The second-order valence-electron chi connectivity index (χ2n) is 8.31. The number of anilines is 2. The van der Waals surface area contributed by atoms with Crippen LogP contribution in [0.15, 0.2) is 66.9 Å². The molecule has 7 nitrogen and oxygen atoms in total. The number of piperazine rings is 1. The van der Waals surface area contributed by atoms with Crippen LogP contribution in [0.3, 0.4) is 0 Å². The number of rotatable bonds is 5. The number of aromatic nitrogens is 3. The Hall–Kier alpha value is -4.00. The van der Waals surface area contributed by atoms with E-state index >= 15 is 0 Å². The molecule has 1 fully saturated rings. The minimum atomic E-state index is -0.397. The molecule has 0 radical (unpaired) electrons. The average molecular weight is 454 g/mol. The van der Waals surface area contributed by atoms with Crippen LogP contribution < -0.4 is 9.80 Å². The summed E-state index contributed by atoms with van der Waals surface area (Å²) < 4.78 is 5.28. The van der Waals surface area contributed by atoms with Crippen LogP contribution in [0, 0.1) is 6.92 Å². The Kier molecular flexibility index (Phi) is 6.08. The molecule has 1 aliphatic rings. The van der Waals surface area contributed by atoms with Gasteiger partial charge in [-0.15, -0.1) is 0 Å². The van der Waals surface area contributed by atoms with Crippen molar-refractivity contribution in [2.75, 3.05) is 42.6 Å². The number of para-hydroxylation sites is 1. The van der Waals surface area contributed by atoms with E-state index in [2.05, 4.69) is 39.9 Å². The first-order valence-corrected chi connectivity index (χ1v) is 11.6. The van der Waals surface area contributed by atoms with Gasteiger partial charge in [0.15, 0.2) is 5.82 Å². The van der Waals surface area contributed by atoms with E-state index in [-0.39, 0.29) is 0 Å². The first-order valence-electron chi connectivity index (χ1n) is 11.6. The molecule has 0 atom stereocenters. The fourth-order valence-electron chi connectivity index (χ4n) is 4.33. The summed E-state index contributed by atoms with van der Waals surface area (Å²) in [6.07, 6.45) is 1.59. The van der Waals surface area contributed by atoms with Crippen molar-refractivity contribution in [3.8, 4) is 11.4 Å². The number of ether oxygens (including phenoxy) is 1. The van der Waals surface area contributed by atoms with Gasteiger partial charge >= 0.3 is 5.97 Å². The summed E-state index contributed by atoms with van der Waals surface area (Å²) in [7, 11) is 0. The lowest BCUT2D eigenvalue weighted by Gasteiger charge is -2.36. The number of benzene rings is 2. The molecule has 0 saturated carbocycles. The molecule has 7 heteroatoms. The monoisotopic (exact) mass is 453 g/mol. The predicted molar refractivity (Wildman–Crippen MR) is 134 cm³/mol. The van der Waals surface area contributed by atoms with E-state index in [1.165, 1.54) is 10.9 Å². The van der Waals surface area contributed by atoms with Crippen molar-refractivity contribution in [3.63, 3.8) is 0 Å². The minimum absolute atomic E-state index is 0.305. The van der Waals surface area contributed by atoms with Gasteiger partial charge in [0, 0.05) is 43.3 Å². The van der Waals surface area contributed by atoms with Crippen LogP contribution in [0.5, 0.6) is 0 Å². The van der Waals surface area contributed by atoms with Gasteiger partial charge in [-0.3, -0.25) is 0 Å². The third-order valence-electron chi connectivity index (χ3n) is 6.11. The lowest BCUT2D eigenvalue weighted by molar-refractivity contribution is 0.0526. The lowest BCUT2D eigenvalue weighted by atomic mass is 10.1. The first kappa shape index (κ1) is 21.8. The number of carbonyl (C=O) groups is 1. The molecule has 0 unspecified atom stereocenters. The van der Waals surface area contributed by atoms with Gasteiger partial charge in [-0.05, 0) is 31.5 Å². The van der Waals surface area contributed by atoms with Crippen LogP contribution in [-0.4, -0.2) is 53.7 Å². The molecule has 0 spiro atoms. The topological polar surface area (TPSA) is 71.5 Å². The second-order valence-corrected chi connectivity index (χ2v) is 8.31. The normalized spacial score (nSPS) is 13.8. The molecule has 1 aliphatic heterocycles. The van der Waals surface area contributed by atoms with E-state index in [0.29, 0.717) is 36.9 Å². The SMILES string of the molecule is CCOC(=O)c1cnc(-c2ccccc2)nc1N1CCN(c2cc(C)c3ccccc3n2)CC1. The number of nitrogens with zero attached hydrogens (tertiary/aromatic N) is 5. The van der Waals surface area contributed by atoms with Gasteiger partial charge in [-0.25, -0.2) is 19.7 Å². The molecule has 1 saturated heterocycles. The van der Waals surface area contributed by atoms with Gasteiger partial charge in [0.05, 0.1) is 12.1 Å². The molecule has 0 aliphatic carbocycles. The summed E-state index contributed by atoms with van der Waals surface area (Å²) in [5, 5.41) is 1.18. The van der Waals surface area contributed by atoms with Gasteiger partial charge in [0.1, 0.15) is 17.2 Å². The van der Waals surface area contributed by atoms with Gasteiger partial charge in [-0.2, -0.15) is 0 Å². The quantitative estimate of drug-likeness (QED) is 0.412. The number of hydrogen-bond acceptors (Lipinski definition) is 7. The van der Waals surface area contributed by atoms with Gasteiger partial charge in [-0.1, -0.05) is 48.5 Å². The van der Waals surface area contributed by atoms with E-state index in [4.69, 9.17) is 14.7 Å². The summed E-state index contributed by atoms with van der Waals surface area (Å²) in [6, 6.07) is 20.2. The Bertz CT molecular complexity index is 1320. The van der Waals surface area contributed by atoms with E-state index in [9.17, 15) is 4.79 Å². The zero-order valence-electron chi connectivity index (χ0n) is 19.4. The van der Waals surface area contributed by atoms with Crippen LogP contribution in [0.25, 0.3) is 22.3 Å². The molecule has 0 N–H and O–H groups in total. The van der Waals surface area contributed by atoms with Crippen LogP contribution >= 0.6 is 0 Å². The number of fused-ring (bicyclic) bond motifs is 1. The summed E-state index contributed by atoms with van der Waals surface area (Å²) in [5.74, 6) is 1.80. The molecule has 5 rings (SSSR count). The third-order valence-corrected chi connectivity index (χ3v) is 6.11. The summed E-state index contributed by atoms with van der Waals surface area (Å²) >= 11 is 0. The average Bonchev–Trinajstić information content (AvgIpc) is 2.89.